The fourth-order valence-electron chi connectivity index (χ4n) is 2.47. The Morgan fingerprint density at radius 1 is 1.17 bits per heavy atom. The van der Waals surface area contributed by atoms with Gasteiger partial charge >= 0.3 is 0 Å². The van der Waals surface area contributed by atoms with Crippen LogP contribution >= 0.6 is 11.8 Å². The number of rotatable bonds is 4. The van der Waals surface area contributed by atoms with Gasteiger partial charge in [0.05, 0.1) is 30.4 Å². The van der Waals surface area contributed by atoms with Crippen LogP contribution in [0.4, 0.5) is 10.1 Å². The van der Waals surface area contributed by atoms with Crippen molar-refractivity contribution in [3.63, 3.8) is 0 Å². The number of carbonyl (C=O) groups excluding carboxylic acids is 1. The number of fused-ring (bicyclic) bond motifs is 1. The van der Waals surface area contributed by atoms with Crippen LogP contribution < -0.4 is 14.8 Å². The van der Waals surface area contributed by atoms with Gasteiger partial charge in [0.1, 0.15) is 17.3 Å². The zero-order valence-electron chi connectivity index (χ0n) is 13.5. The number of methoxy groups -OCH3 is 2. The largest absolute Gasteiger partial charge is 0.497 e. The Hall–Kier alpha value is -2.47. The Labute approximate surface area is 143 Å². The Kier molecular flexibility index (Phi) is 4.49. The van der Waals surface area contributed by atoms with Gasteiger partial charge in [-0.3, -0.25) is 4.79 Å². The number of ether oxygens (including phenoxy) is 2. The van der Waals surface area contributed by atoms with E-state index in [1.807, 2.05) is 0 Å². The minimum atomic E-state index is -0.340. The van der Waals surface area contributed by atoms with Gasteiger partial charge in [-0.25, -0.2) is 4.39 Å². The first-order chi connectivity index (χ1) is 11.5. The normalized spacial score (nSPS) is 13.2. The summed E-state index contributed by atoms with van der Waals surface area (Å²) in [5.41, 5.74) is 1.44. The Bertz CT molecular complexity index is 848. The van der Waals surface area contributed by atoms with Crippen molar-refractivity contribution in [1.29, 1.82) is 0 Å². The molecule has 0 radical (unpaired) electrons. The number of hydrogen-bond donors (Lipinski definition) is 1. The first kappa shape index (κ1) is 16.4. The molecule has 1 heterocycles. The van der Waals surface area contributed by atoms with Gasteiger partial charge in [-0.05, 0) is 31.2 Å². The highest BCUT2D eigenvalue weighted by atomic mass is 32.2. The number of para-hydroxylation sites is 1. The number of thioether (sulfide) groups is 1. The minimum absolute atomic E-state index is 0.181. The summed E-state index contributed by atoms with van der Waals surface area (Å²) < 4.78 is 24.3. The van der Waals surface area contributed by atoms with Crippen LogP contribution in [0.1, 0.15) is 17.3 Å². The van der Waals surface area contributed by atoms with Gasteiger partial charge in [0, 0.05) is 16.7 Å². The molecule has 0 atom stereocenters. The lowest BCUT2D eigenvalue weighted by Crippen LogP contribution is -2.13. The predicted octanol–water partition coefficient (Wildman–Crippen LogP) is 4.47. The highest BCUT2D eigenvalue weighted by Gasteiger charge is 2.26. The van der Waals surface area contributed by atoms with Gasteiger partial charge in [0.25, 0.3) is 0 Å². The average Bonchev–Trinajstić information content (AvgIpc) is 2.61. The van der Waals surface area contributed by atoms with E-state index in [-0.39, 0.29) is 11.6 Å². The second-order valence-corrected chi connectivity index (χ2v) is 6.24. The van der Waals surface area contributed by atoms with Gasteiger partial charge in [0.2, 0.25) is 5.78 Å². The highest BCUT2D eigenvalue weighted by molar-refractivity contribution is 8.04. The maximum absolute atomic E-state index is 13.9. The Balaban J connectivity index is 1.99. The molecule has 2 aromatic rings. The van der Waals surface area contributed by atoms with Crippen molar-refractivity contribution in [1.82, 2.24) is 0 Å². The predicted molar refractivity (Wildman–Crippen MR) is 92.5 cm³/mol. The lowest BCUT2D eigenvalue weighted by molar-refractivity contribution is 0.103. The van der Waals surface area contributed by atoms with Crippen LogP contribution in [0.25, 0.3) is 0 Å². The second-order valence-electron chi connectivity index (χ2n) is 5.19. The van der Waals surface area contributed by atoms with Crippen molar-refractivity contribution < 1.29 is 18.7 Å². The molecule has 4 nitrogen and oxygen atoms in total. The Morgan fingerprint density at radius 2 is 1.96 bits per heavy atom. The van der Waals surface area contributed by atoms with Crippen LogP contribution in [0, 0.1) is 5.82 Å². The number of anilines is 1. The summed E-state index contributed by atoms with van der Waals surface area (Å²) in [5.74, 6) is 0.522. The van der Waals surface area contributed by atoms with Crippen molar-refractivity contribution in [3.8, 4) is 11.5 Å². The van der Waals surface area contributed by atoms with Gasteiger partial charge in [-0.1, -0.05) is 17.8 Å². The molecule has 1 aliphatic heterocycles. The molecule has 0 unspecified atom stereocenters. The Morgan fingerprint density at radius 3 is 2.67 bits per heavy atom. The third-order valence-electron chi connectivity index (χ3n) is 3.70. The van der Waals surface area contributed by atoms with Gasteiger partial charge in [-0.15, -0.1) is 0 Å². The standard InChI is InChI=1S/C18H16FNO3S/c1-10-18(24-15-6-4-5-13(19)16(15)20-10)17(21)12-8-7-11(22-2)9-14(12)23-3/h4-9,20H,1-3H3. The van der Waals surface area contributed by atoms with Gasteiger partial charge in [0.15, 0.2) is 0 Å². The average molecular weight is 345 g/mol. The first-order valence-corrected chi connectivity index (χ1v) is 8.07. The molecular weight excluding hydrogens is 329 g/mol. The van der Waals surface area contributed by atoms with E-state index < -0.39 is 0 Å². The number of carbonyl (C=O) groups is 1. The van der Waals surface area contributed by atoms with Crippen molar-refractivity contribution in [2.24, 2.45) is 0 Å². The van der Waals surface area contributed by atoms with Crippen molar-refractivity contribution >= 4 is 23.2 Å². The van der Waals surface area contributed by atoms with E-state index >= 15 is 0 Å². The smallest absolute Gasteiger partial charge is 0.205 e. The number of hydrogen-bond acceptors (Lipinski definition) is 5. The zero-order valence-corrected chi connectivity index (χ0v) is 14.3. The highest BCUT2D eigenvalue weighted by Crippen LogP contribution is 2.43. The van der Waals surface area contributed by atoms with Gasteiger partial charge < -0.3 is 14.8 Å². The lowest BCUT2D eigenvalue weighted by Gasteiger charge is -2.22. The molecule has 0 fully saturated rings. The van der Waals surface area contributed by atoms with Crippen molar-refractivity contribution in [3.05, 3.63) is 58.4 Å². The van der Waals surface area contributed by atoms with E-state index in [1.54, 1.807) is 44.4 Å². The quantitative estimate of drug-likeness (QED) is 0.828. The van der Waals surface area contributed by atoms with Crippen LogP contribution in [0.2, 0.25) is 0 Å². The lowest BCUT2D eigenvalue weighted by atomic mass is 10.1. The molecule has 124 valence electrons. The number of allylic oxidation sites excluding steroid dienone is 2. The van der Waals surface area contributed by atoms with E-state index in [0.717, 1.165) is 0 Å². The third kappa shape index (κ3) is 2.85. The van der Waals surface area contributed by atoms with Crippen LogP contribution in [0.15, 0.2) is 51.9 Å². The molecule has 6 heteroatoms. The number of ketones is 1. The molecule has 1 aliphatic rings. The number of halogens is 1. The summed E-state index contributed by atoms with van der Waals surface area (Å²) in [6.07, 6.45) is 0. The van der Waals surface area contributed by atoms with E-state index in [0.29, 0.717) is 38.2 Å². The van der Waals surface area contributed by atoms with Crippen molar-refractivity contribution in [2.75, 3.05) is 19.5 Å². The molecule has 0 saturated carbocycles. The number of Topliss-reactive ketones (excluding diaryl/α,β-unsaturated/α-hetero) is 1. The molecule has 3 rings (SSSR count). The maximum Gasteiger partial charge on any atom is 0.205 e. The topological polar surface area (TPSA) is 47.6 Å². The monoisotopic (exact) mass is 345 g/mol. The molecule has 2 aromatic carbocycles. The SMILES string of the molecule is COc1ccc(C(=O)C2=C(C)Nc3c(F)cccc3S2)c(OC)c1. The molecule has 0 aliphatic carbocycles. The third-order valence-corrected chi connectivity index (χ3v) is 4.96. The van der Waals surface area contributed by atoms with Crippen LogP contribution in [-0.2, 0) is 0 Å². The first-order valence-electron chi connectivity index (χ1n) is 7.26. The maximum atomic E-state index is 13.9. The summed E-state index contributed by atoms with van der Waals surface area (Å²) in [6, 6.07) is 9.83. The minimum Gasteiger partial charge on any atom is -0.497 e. The van der Waals surface area contributed by atoms with Gasteiger partial charge in [-0.2, -0.15) is 0 Å². The molecule has 0 spiro atoms. The van der Waals surface area contributed by atoms with E-state index in [4.69, 9.17) is 9.47 Å². The van der Waals surface area contributed by atoms with E-state index in [2.05, 4.69) is 5.32 Å². The summed E-state index contributed by atoms with van der Waals surface area (Å²) in [7, 11) is 3.05. The van der Waals surface area contributed by atoms with Crippen LogP contribution in [-0.4, -0.2) is 20.0 Å². The molecule has 0 saturated heterocycles. The molecule has 0 aromatic heterocycles. The molecule has 0 amide bonds. The number of benzene rings is 2. The number of nitrogens with one attached hydrogen (secondary N) is 1. The summed E-state index contributed by atoms with van der Waals surface area (Å²) in [5, 5.41) is 2.99. The summed E-state index contributed by atoms with van der Waals surface area (Å²) in [4.78, 5) is 14.1. The fourth-order valence-corrected chi connectivity index (χ4v) is 3.49. The zero-order chi connectivity index (χ0) is 17.3. The van der Waals surface area contributed by atoms with Crippen LogP contribution in [0.5, 0.6) is 11.5 Å². The molecule has 24 heavy (non-hydrogen) atoms. The van der Waals surface area contributed by atoms with Crippen LogP contribution in [0.3, 0.4) is 0 Å². The fraction of sp³-hybridized carbons (Fsp3) is 0.167. The molecular formula is C18H16FNO3S. The van der Waals surface area contributed by atoms with E-state index in [1.165, 1.54) is 24.9 Å². The summed E-state index contributed by atoms with van der Waals surface area (Å²) >= 11 is 1.25. The summed E-state index contributed by atoms with van der Waals surface area (Å²) in [6.45, 7) is 1.76. The second kappa shape index (κ2) is 6.57. The molecule has 0 bridgehead atoms. The van der Waals surface area contributed by atoms with Crippen molar-refractivity contribution in [2.45, 2.75) is 11.8 Å². The van der Waals surface area contributed by atoms with E-state index in [9.17, 15) is 9.18 Å². The molecule has 1 N–H and O–H groups in total.